The number of benzene rings is 1. The van der Waals surface area contributed by atoms with Crippen LogP contribution in [0.2, 0.25) is 0 Å². The molecular formula is C17H21NO4. The monoisotopic (exact) mass is 303 g/mol. The first-order valence-electron chi connectivity index (χ1n) is 7.45. The molecule has 0 saturated heterocycles. The Kier molecular flexibility index (Phi) is 4.85. The Bertz CT molecular complexity index is 702. The lowest BCUT2D eigenvalue weighted by Gasteiger charge is -2.11. The van der Waals surface area contributed by atoms with Crippen LogP contribution in [0.3, 0.4) is 0 Å². The van der Waals surface area contributed by atoms with Crippen LogP contribution in [0.25, 0.3) is 11.0 Å². The van der Waals surface area contributed by atoms with Crippen LogP contribution in [0.1, 0.15) is 41.4 Å². The van der Waals surface area contributed by atoms with E-state index in [1.165, 1.54) is 0 Å². The van der Waals surface area contributed by atoms with E-state index in [2.05, 4.69) is 5.32 Å². The molecule has 0 saturated carbocycles. The molecule has 0 fully saturated rings. The zero-order chi connectivity index (χ0) is 16.3. The molecule has 2 rings (SSSR count). The molecule has 5 nitrogen and oxygen atoms in total. The minimum absolute atomic E-state index is 0.109. The summed E-state index contributed by atoms with van der Waals surface area (Å²) in [6.07, 6.45) is 1.30. The van der Waals surface area contributed by atoms with Gasteiger partial charge in [0.05, 0.1) is 5.92 Å². The van der Waals surface area contributed by atoms with Crippen LogP contribution in [0, 0.1) is 19.8 Å². The molecular weight excluding hydrogens is 282 g/mol. The van der Waals surface area contributed by atoms with E-state index in [4.69, 9.17) is 9.52 Å². The summed E-state index contributed by atoms with van der Waals surface area (Å²) in [7, 11) is 0. The summed E-state index contributed by atoms with van der Waals surface area (Å²) < 4.78 is 5.68. The molecule has 1 aromatic carbocycles. The van der Waals surface area contributed by atoms with Crippen LogP contribution in [0.5, 0.6) is 0 Å². The lowest BCUT2D eigenvalue weighted by atomic mass is 10.0. The van der Waals surface area contributed by atoms with Crippen molar-refractivity contribution in [2.45, 2.75) is 33.6 Å². The summed E-state index contributed by atoms with van der Waals surface area (Å²) in [5.41, 5.74) is 2.45. The number of fused-ring (bicyclic) bond motifs is 1. The zero-order valence-electron chi connectivity index (χ0n) is 13.1. The molecule has 1 heterocycles. The summed E-state index contributed by atoms with van der Waals surface area (Å²) in [5, 5.41) is 12.7. The first kappa shape index (κ1) is 16.1. The van der Waals surface area contributed by atoms with E-state index >= 15 is 0 Å². The van der Waals surface area contributed by atoms with Gasteiger partial charge in [-0.2, -0.15) is 0 Å². The third-order valence-corrected chi connectivity index (χ3v) is 3.86. The number of aliphatic carboxylic acids is 1. The van der Waals surface area contributed by atoms with Crippen LogP contribution >= 0.6 is 0 Å². The van der Waals surface area contributed by atoms with Crippen molar-refractivity contribution in [3.63, 3.8) is 0 Å². The van der Waals surface area contributed by atoms with Gasteiger partial charge in [0.15, 0.2) is 5.76 Å². The van der Waals surface area contributed by atoms with Crippen molar-refractivity contribution in [1.29, 1.82) is 0 Å². The SMILES string of the molecule is CCCC(CNC(=O)c1oc2c(C)cccc2c1C)C(=O)O. The lowest BCUT2D eigenvalue weighted by molar-refractivity contribution is -0.141. The molecule has 0 radical (unpaired) electrons. The predicted molar refractivity (Wildman–Crippen MR) is 84.1 cm³/mol. The molecule has 1 atom stereocenters. The van der Waals surface area contributed by atoms with Gasteiger partial charge in [-0.25, -0.2) is 0 Å². The topological polar surface area (TPSA) is 79.5 Å². The van der Waals surface area contributed by atoms with Gasteiger partial charge in [0.25, 0.3) is 5.91 Å². The lowest BCUT2D eigenvalue weighted by Crippen LogP contribution is -2.33. The molecule has 22 heavy (non-hydrogen) atoms. The molecule has 0 spiro atoms. The van der Waals surface area contributed by atoms with Crippen molar-refractivity contribution in [1.82, 2.24) is 5.32 Å². The number of carbonyl (C=O) groups is 2. The number of nitrogens with one attached hydrogen (secondary N) is 1. The quantitative estimate of drug-likeness (QED) is 0.858. The Morgan fingerprint density at radius 1 is 1.32 bits per heavy atom. The summed E-state index contributed by atoms with van der Waals surface area (Å²) in [5.74, 6) is -1.57. The van der Waals surface area contributed by atoms with Gasteiger partial charge in [0.2, 0.25) is 0 Å². The zero-order valence-corrected chi connectivity index (χ0v) is 13.1. The number of furan rings is 1. The number of amides is 1. The van der Waals surface area contributed by atoms with Gasteiger partial charge in [-0.1, -0.05) is 31.5 Å². The molecule has 0 aliphatic carbocycles. The fourth-order valence-electron chi connectivity index (χ4n) is 2.56. The second-order valence-corrected chi connectivity index (χ2v) is 5.54. The van der Waals surface area contributed by atoms with E-state index in [1.807, 2.05) is 39.0 Å². The molecule has 0 aliphatic heterocycles. The summed E-state index contributed by atoms with van der Waals surface area (Å²) in [6.45, 7) is 5.79. The van der Waals surface area contributed by atoms with Gasteiger partial charge in [-0.15, -0.1) is 0 Å². The maximum Gasteiger partial charge on any atom is 0.308 e. The van der Waals surface area contributed by atoms with E-state index in [-0.39, 0.29) is 18.2 Å². The van der Waals surface area contributed by atoms with Crippen molar-refractivity contribution in [3.8, 4) is 0 Å². The molecule has 0 bridgehead atoms. The number of carbonyl (C=O) groups excluding carboxylic acids is 1. The standard InChI is InChI=1S/C17H21NO4/c1-4-6-12(17(20)21)9-18-16(19)15-11(3)13-8-5-7-10(2)14(13)22-15/h5,7-8,12H,4,6,9H2,1-3H3,(H,18,19)(H,20,21). The highest BCUT2D eigenvalue weighted by Gasteiger charge is 2.21. The number of hydrogen-bond acceptors (Lipinski definition) is 3. The molecule has 2 N–H and O–H groups in total. The molecule has 1 unspecified atom stereocenters. The molecule has 1 aromatic heterocycles. The molecule has 0 aliphatic rings. The van der Waals surface area contributed by atoms with Gasteiger partial charge in [-0.3, -0.25) is 9.59 Å². The first-order chi connectivity index (χ1) is 10.5. The average molecular weight is 303 g/mol. The summed E-state index contributed by atoms with van der Waals surface area (Å²) in [6, 6.07) is 5.76. The maximum atomic E-state index is 12.3. The van der Waals surface area contributed by atoms with E-state index in [9.17, 15) is 9.59 Å². The highest BCUT2D eigenvalue weighted by atomic mass is 16.4. The van der Waals surface area contributed by atoms with Crippen molar-refractivity contribution in [2.24, 2.45) is 5.92 Å². The Morgan fingerprint density at radius 3 is 2.64 bits per heavy atom. The summed E-state index contributed by atoms with van der Waals surface area (Å²) >= 11 is 0. The minimum Gasteiger partial charge on any atom is -0.481 e. The third kappa shape index (κ3) is 3.13. The van der Waals surface area contributed by atoms with Crippen LogP contribution < -0.4 is 5.32 Å². The molecule has 1 amide bonds. The van der Waals surface area contributed by atoms with E-state index in [0.717, 1.165) is 22.9 Å². The number of carboxylic acid groups (broad SMARTS) is 1. The summed E-state index contributed by atoms with van der Waals surface area (Å²) in [4.78, 5) is 23.4. The van der Waals surface area contributed by atoms with E-state index in [0.29, 0.717) is 12.0 Å². The fourth-order valence-corrected chi connectivity index (χ4v) is 2.56. The van der Waals surface area contributed by atoms with E-state index < -0.39 is 11.9 Å². The Hall–Kier alpha value is -2.30. The van der Waals surface area contributed by atoms with Gasteiger partial charge in [-0.05, 0) is 25.8 Å². The second kappa shape index (κ2) is 6.64. The first-order valence-corrected chi connectivity index (χ1v) is 7.45. The number of rotatable bonds is 6. The van der Waals surface area contributed by atoms with Crippen LogP contribution in [-0.2, 0) is 4.79 Å². The van der Waals surface area contributed by atoms with Gasteiger partial charge in [0.1, 0.15) is 5.58 Å². The minimum atomic E-state index is -0.890. The van der Waals surface area contributed by atoms with Crippen molar-refractivity contribution in [2.75, 3.05) is 6.54 Å². The predicted octanol–water partition coefficient (Wildman–Crippen LogP) is 3.28. The van der Waals surface area contributed by atoms with Gasteiger partial charge < -0.3 is 14.8 Å². The molecule has 5 heteroatoms. The normalized spacial score (nSPS) is 12.3. The fraction of sp³-hybridized carbons (Fsp3) is 0.412. The second-order valence-electron chi connectivity index (χ2n) is 5.54. The van der Waals surface area contributed by atoms with Crippen molar-refractivity contribution in [3.05, 3.63) is 35.1 Å². The van der Waals surface area contributed by atoms with Crippen LogP contribution in [0.15, 0.2) is 22.6 Å². The molecule has 118 valence electrons. The number of para-hydroxylation sites is 1. The highest BCUT2D eigenvalue weighted by molar-refractivity contribution is 5.99. The Labute approximate surface area is 129 Å². The van der Waals surface area contributed by atoms with Crippen LogP contribution in [0.4, 0.5) is 0 Å². The third-order valence-electron chi connectivity index (χ3n) is 3.86. The number of carboxylic acids is 1. The van der Waals surface area contributed by atoms with Crippen LogP contribution in [-0.4, -0.2) is 23.5 Å². The van der Waals surface area contributed by atoms with Gasteiger partial charge >= 0.3 is 5.97 Å². The van der Waals surface area contributed by atoms with Crippen molar-refractivity contribution < 1.29 is 19.1 Å². The highest BCUT2D eigenvalue weighted by Crippen LogP contribution is 2.27. The number of hydrogen-bond donors (Lipinski definition) is 2. The maximum absolute atomic E-state index is 12.3. The van der Waals surface area contributed by atoms with Crippen molar-refractivity contribution >= 4 is 22.8 Å². The Morgan fingerprint density at radius 2 is 2.05 bits per heavy atom. The smallest absolute Gasteiger partial charge is 0.308 e. The largest absolute Gasteiger partial charge is 0.481 e. The van der Waals surface area contributed by atoms with Gasteiger partial charge in [0, 0.05) is 17.5 Å². The molecule has 2 aromatic rings. The Balaban J connectivity index is 2.18. The average Bonchev–Trinajstić information content (AvgIpc) is 2.82. The van der Waals surface area contributed by atoms with E-state index in [1.54, 1.807) is 0 Å². The number of aryl methyl sites for hydroxylation is 2.